The van der Waals surface area contributed by atoms with Crippen molar-refractivity contribution in [3.8, 4) is 11.5 Å². The summed E-state index contributed by atoms with van der Waals surface area (Å²) in [7, 11) is 0. The largest absolute Gasteiger partial charge is 0.454 e. The molecule has 146 valence electrons. The van der Waals surface area contributed by atoms with Gasteiger partial charge in [0, 0.05) is 17.8 Å². The van der Waals surface area contributed by atoms with E-state index in [1.54, 1.807) is 29.2 Å². The van der Waals surface area contributed by atoms with Gasteiger partial charge in [-0.3, -0.25) is 9.59 Å². The molecule has 0 saturated carbocycles. The van der Waals surface area contributed by atoms with Gasteiger partial charge in [0.05, 0.1) is 11.3 Å². The normalized spacial score (nSPS) is 12.5. The molecule has 0 saturated heterocycles. The van der Waals surface area contributed by atoms with Gasteiger partial charge in [-0.25, -0.2) is 8.78 Å². The second-order valence-corrected chi connectivity index (χ2v) is 6.41. The zero-order valence-electron chi connectivity index (χ0n) is 15.4. The van der Waals surface area contributed by atoms with Crippen molar-refractivity contribution in [2.24, 2.45) is 0 Å². The van der Waals surface area contributed by atoms with Crippen LogP contribution >= 0.6 is 0 Å². The van der Waals surface area contributed by atoms with Gasteiger partial charge in [0.25, 0.3) is 11.8 Å². The molecule has 29 heavy (non-hydrogen) atoms. The highest BCUT2D eigenvalue weighted by Gasteiger charge is 2.27. The van der Waals surface area contributed by atoms with Crippen molar-refractivity contribution in [3.63, 3.8) is 0 Å². The fourth-order valence-corrected chi connectivity index (χ4v) is 3.16. The summed E-state index contributed by atoms with van der Waals surface area (Å²) in [5.74, 6) is -2.12. The van der Waals surface area contributed by atoms with Gasteiger partial charge in [0.2, 0.25) is 0 Å². The highest BCUT2D eigenvalue weighted by molar-refractivity contribution is 6.11. The number of carbonyl (C=O) groups is 2. The highest BCUT2D eigenvalue weighted by Crippen LogP contribution is 2.39. The Kier molecular flexibility index (Phi) is 4.72. The molecule has 1 N–H and O–H groups in total. The van der Waals surface area contributed by atoms with Crippen molar-refractivity contribution in [1.29, 1.82) is 0 Å². The molecule has 0 spiro atoms. The fourth-order valence-electron chi connectivity index (χ4n) is 3.16. The summed E-state index contributed by atoms with van der Waals surface area (Å²) in [6.07, 6.45) is 0. The molecule has 3 aromatic carbocycles. The van der Waals surface area contributed by atoms with Gasteiger partial charge in [-0.1, -0.05) is 12.1 Å². The maximum Gasteiger partial charge on any atom is 0.262 e. The number of hydrogen-bond donors (Lipinski definition) is 1. The summed E-state index contributed by atoms with van der Waals surface area (Å²) in [6.45, 7) is 2.29. The zero-order valence-corrected chi connectivity index (χ0v) is 15.4. The molecule has 0 fully saturated rings. The molecular weight excluding hydrogens is 378 g/mol. The predicted octanol–water partition coefficient (Wildman–Crippen LogP) is 4.99. The minimum Gasteiger partial charge on any atom is -0.454 e. The fraction of sp³-hybridized carbons (Fsp3) is 0.0909. The Morgan fingerprint density at radius 3 is 2.55 bits per heavy atom. The first-order valence-electron chi connectivity index (χ1n) is 8.97. The van der Waals surface area contributed by atoms with E-state index in [1.165, 1.54) is 12.1 Å². The van der Waals surface area contributed by atoms with Crippen LogP contribution < -0.4 is 15.0 Å². The second-order valence-electron chi connectivity index (χ2n) is 6.41. The van der Waals surface area contributed by atoms with Crippen LogP contribution in [0.2, 0.25) is 0 Å². The van der Waals surface area contributed by atoms with Gasteiger partial charge in [0.15, 0.2) is 17.4 Å². The Morgan fingerprint density at radius 1 is 1.00 bits per heavy atom. The first-order chi connectivity index (χ1) is 14.0. The molecule has 7 heteroatoms. The molecule has 1 aliphatic rings. The molecule has 0 aliphatic carbocycles. The number of benzene rings is 3. The maximum absolute atomic E-state index is 13.4. The van der Waals surface area contributed by atoms with Gasteiger partial charge >= 0.3 is 0 Å². The number of hydrogen-bond acceptors (Lipinski definition) is 3. The zero-order chi connectivity index (χ0) is 20.5. The van der Waals surface area contributed by atoms with Gasteiger partial charge in [-0.15, -0.1) is 0 Å². The van der Waals surface area contributed by atoms with Crippen LogP contribution in [0.3, 0.4) is 0 Å². The number of carbonyl (C=O) groups excluding carboxylic acids is 2. The first kappa shape index (κ1) is 18.6. The van der Waals surface area contributed by atoms with Crippen molar-refractivity contribution >= 4 is 23.2 Å². The average molecular weight is 394 g/mol. The van der Waals surface area contributed by atoms with E-state index in [2.05, 4.69) is 5.32 Å². The Bertz CT molecular complexity index is 1130. The number of amides is 2. The van der Waals surface area contributed by atoms with E-state index in [0.717, 1.165) is 12.1 Å². The topological polar surface area (TPSA) is 58.6 Å². The molecule has 0 aromatic heterocycles. The Labute approximate surface area is 165 Å². The predicted molar refractivity (Wildman–Crippen MR) is 105 cm³/mol. The monoisotopic (exact) mass is 394 g/mol. The minimum absolute atomic E-state index is 0.0380. The van der Waals surface area contributed by atoms with Crippen molar-refractivity contribution < 1.29 is 23.1 Å². The maximum atomic E-state index is 13.4. The Morgan fingerprint density at radius 2 is 1.79 bits per heavy atom. The van der Waals surface area contributed by atoms with E-state index in [4.69, 9.17) is 4.74 Å². The lowest BCUT2D eigenvalue weighted by Crippen LogP contribution is -2.29. The molecule has 3 aromatic rings. The van der Waals surface area contributed by atoms with Crippen molar-refractivity contribution in [2.45, 2.75) is 6.92 Å². The van der Waals surface area contributed by atoms with Crippen LogP contribution in [0.15, 0.2) is 60.7 Å². The van der Waals surface area contributed by atoms with Crippen molar-refractivity contribution in [3.05, 3.63) is 83.4 Å². The van der Waals surface area contributed by atoms with E-state index >= 15 is 0 Å². The summed E-state index contributed by atoms with van der Waals surface area (Å²) in [4.78, 5) is 27.0. The number of ether oxygens (including phenoxy) is 1. The standard InChI is InChI=1S/C22H16F2N2O3/c1-2-26-18-5-3-4-6-20(18)29-19-10-8-14(12-15(19)22(26)28)25-21(27)13-7-9-16(23)17(24)11-13/h3-12H,2H2,1H3,(H,25,27). The lowest BCUT2D eigenvalue weighted by Gasteiger charge is -2.19. The number of para-hydroxylation sites is 2. The summed E-state index contributed by atoms with van der Waals surface area (Å²) >= 11 is 0. The lowest BCUT2D eigenvalue weighted by molar-refractivity contribution is 0.0985. The molecular formula is C22H16F2N2O3. The van der Waals surface area contributed by atoms with Crippen LogP contribution in [-0.2, 0) is 0 Å². The molecule has 1 heterocycles. The average Bonchev–Trinajstić information content (AvgIpc) is 2.83. The van der Waals surface area contributed by atoms with Crippen LogP contribution in [0.25, 0.3) is 0 Å². The van der Waals surface area contributed by atoms with E-state index in [0.29, 0.717) is 29.4 Å². The molecule has 0 bridgehead atoms. The van der Waals surface area contributed by atoms with E-state index in [9.17, 15) is 18.4 Å². The SMILES string of the molecule is CCN1C(=O)c2cc(NC(=O)c3ccc(F)c(F)c3)ccc2Oc2ccccc21. The molecule has 4 rings (SSSR count). The third kappa shape index (κ3) is 3.42. The number of nitrogens with one attached hydrogen (secondary N) is 1. The van der Waals surface area contributed by atoms with Crippen LogP contribution in [-0.4, -0.2) is 18.4 Å². The summed E-state index contributed by atoms with van der Waals surface area (Å²) in [5.41, 5.74) is 1.23. The van der Waals surface area contributed by atoms with Crippen LogP contribution in [0.4, 0.5) is 20.2 Å². The van der Waals surface area contributed by atoms with E-state index in [-0.39, 0.29) is 17.0 Å². The quantitative estimate of drug-likeness (QED) is 0.681. The summed E-state index contributed by atoms with van der Waals surface area (Å²) in [6, 6.07) is 14.8. The first-order valence-corrected chi connectivity index (χ1v) is 8.97. The molecule has 1 aliphatic heterocycles. The van der Waals surface area contributed by atoms with Crippen LogP contribution in [0.5, 0.6) is 11.5 Å². The number of halogens is 2. The van der Waals surface area contributed by atoms with Gasteiger partial charge in [0.1, 0.15) is 5.75 Å². The highest BCUT2D eigenvalue weighted by atomic mass is 19.2. The van der Waals surface area contributed by atoms with E-state index < -0.39 is 17.5 Å². The van der Waals surface area contributed by atoms with Crippen molar-refractivity contribution in [2.75, 3.05) is 16.8 Å². The Balaban J connectivity index is 1.67. The number of anilines is 2. The second kappa shape index (κ2) is 7.35. The molecule has 0 unspecified atom stereocenters. The molecule has 2 amide bonds. The number of fused-ring (bicyclic) bond motifs is 2. The number of nitrogens with zero attached hydrogens (tertiary/aromatic N) is 1. The summed E-state index contributed by atoms with van der Waals surface area (Å²) in [5, 5.41) is 2.60. The van der Waals surface area contributed by atoms with Crippen LogP contribution in [0.1, 0.15) is 27.6 Å². The third-order valence-corrected chi connectivity index (χ3v) is 4.59. The Hall–Kier alpha value is -3.74. The van der Waals surface area contributed by atoms with Crippen LogP contribution in [0, 0.1) is 11.6 Å². The van der Waals surface area contributed by atoms with Gasteiger partial charge in [-0.05, 0) is 55.5 Å². The third-order valence-electron chi connectivity index (χ3n) is 4.59. The van der Waals surface area contributed by atoms with Gasteiger partial charge < -0.3 is 15.0 Å². The van der Waals surface area contributed by atoms with Gasteiger partial charge in [-0.2, -0.15) is 0 Å². The molecule has 5 nitrogen and oxygen atoms in total. The summed E-state index contributed by atoms with van der Waals surface area (Å²) < 4.78 is 32.4. The van der Waals surface area contributed by atoms with E-state index in [1.807, 2.05) is 19.1 Å². The lowest BCUT2D eigenvalue weighted by atomic mass is 10.1. The molecule has 0 radical (unpaired) electrons. The molecule has 0 atom stereocenters. The van der Waals surface area contributed by atoms with Crippen molar-refractivity contribution in [1.82, 2.24) is 0 Å². The number of rotatable bonds is 3. The minimum atomic E-state index is -1.11. The smallest absolute Gasteiger partial charge is 0.262 e.